The van der Waals surface area contributed by atoms with Gasteiger partial charge in [0.15, 0.2) is 0 Å². The maximum atomic E-state index is 12.6. The molecule has 1 heterocycles. The molecule has 1 aliphatic carbocycles. The van der Waals surface area contributed by atoms with Crippen molar-refractivity contribution in [1.82, 2.24) is 10.2 Å². The Balaban J connectivity index is 1.78. The number of likely N-dealkylation sites (tertiary alicyclic amines) is 1. The molecule has 0 bridgehead atoms. The first-order chi connectivity index (χ1) is 9.95. The lowest BCUT2D eigenvalue weighted by molar-refractivity contribution is -0.138. The van der Waals surface area contributed by atoms with Gasteiger partial charge in [0.2, 0.25) is 11.8 Å². The summed E-state index contributed by atoms with van der Waals surface area (Å²) >= 11 is 0. The molecule has 2 amide bonds. The lowest BCUT2D eigenvalue weighted by Gasteiger charge is -2.37. The number of carbonyl (C=O) groups excluding carboxylic acids is 2. The SMILES string of the molecule is CC(=O)NCC1CCN(C(=O)C2CC(C)CC(N)C2)CC1. The van der Waals surface area contributed by atoms with Gasteiger partial charge in [0.05, 0.1) is 0 Å². The van der Waals surface area contributed by atoms with Crippen molar-refractivity contribution in [2.75, 3.05) is 19.6 Å². The van der Waals surface area contributed by atoms with Crippen LogP contribution in [0.25, 0.3) is 0 Å². The van der Waals surface area contributed by atoms with Crippen LogP contribution in [0.15, 0.2) is 0 Å². The fourth-order valence-electron chi connectivity index (χ4n) is 3.76. The second kappa shape index (κ2) is 7.25. The van der Waals surface area contributed by atoms with Crippen molar-refractivity contribution in [2.45, 2.75) is 52.0 Å². The minimum Gasteiger partial charge on any atom is -0.356 e. The molecule has 0 aromatic heterocycles. The maximum Gasteiger partial charge on any atom is 0.225 e. The maximum absolute atomic E-state index is 12.6. The van der Waals surface area contributed by atoms with E-state index < -0.39 is 0 Å². The Hall–Kier alpha value is -1.10. The zero-order valence-electron chi connectivity index (χ0n) is 13.3. The van der Waals surface area contributed by atoms with E-state index >= 15 is 0 Å². The highest BCUT2D eigenvalue weighted by Gasteiger charge is 2.33. The van der Waals surface area contributed by atoms with Crippen LogP contribution in [-0.4, -0.2) is 42.4 Å². The Morgan fingerprint density at radius 1 is 1.19 bits per heavy atom. The van der Waals surface area contributed by atoms with E-state index in [-0.39, 0.29) is 17.9 Å². The monoisotopic (exact) mass is 295 g/mol. The summed E-state index contributed by atoms with van der Waals surface area (Å²) in [6, 6.07) is 0.181. The molecule has 5 heteroatoms. The van der Waals surface area contributed by atoms with Gasteiger partial charge in [0.1, 0.15) is 0 Å². The van der Waals surface area contributed by atoms with Crippen LogP contribution >= 0.6 is 0 Å². The molecule has 0 aromatic carbocycles. The second-order valence-electron chi connectivity index (χ2n) is 6.98. The van der Waals surface area contributed by atoms with Gasteiger partial charge in [-0.25, -0.2) is 0 Å². The number of rotatable bonds is 3. The van der Waals surface area contributed by atoms with Gasteiger partial charge in [-0.1, -0.05) is 6.92 Å². The van der Waals surface area contributed by atoms with Gasteiger partial charge in [-0.2, -0.15) is 0 Å². The van der Waals surface area contributed by atoms with Gasteiger partial charge in [-0.05, 0) is 43.9 Å². The van der Waals surface area contributed by atoms with E-state index in [0.29, 0.717) is 17.7 Å². The third-order valence-electron chi connectivity index (χ3n) is 4.89. The largest absolute Gasteiger partial charge is 0.356 e. The molecule has 3 unspecified atom stereocenters. The van der Waals surface area contributed by atoms with Gasteiger partial charge < -0.3 is 16.0 Å². The number of nitrogens with zero attached hydrogens (tertiary/aromatic N) is 1. The molecule has 1 aliphatic heterocycles. The molecule has 3 atom stereocenters. The van der Waals surface area contributed by atoms with Crippen molar-refractivity contribution >= 4 is 11.8 Å². The first kappa shape index (κ1) is 16.3. The molecule has 0 spiro atoms. The topological polar surface area (TPSA) is 75.4 Å². The first-order valence-corrected chi connectivity index (χ1v) is 8.24. The molecule has 0 aromatic rings. The first-order valence-electron chi connectivity index (χ1n) is 8.24. The van der Waals surface area contributed by atoms with Crippen LogP contribution in [0, 0.1) is 17.8 Å². The van der Waals surface area contributed by atoms with Gasteiger partial charge >= 0.3 is 0 Å². The summed E-state index contributed by atoms with van der Waals surface area (Å²) < 4.78 is 0. The molecule has 2 rings (SSSR count). The van der Waals surface area contributed by atoms with Crippen molar-refractivity contribution in [3.63, 3.8) is 0 Å². The number of amides is 2. The normalized spacial score (nSPS) is 31.0. The van der Waals surface area contributed by atoms with Gasteiger partial charge in [-0.3, -0.25) is 9.59 Å². The lowest BCUT2D eigenvalue weighted by atomic mass is 9.79. The predicted molar refractivity (Wildman–Crippen MR) is 82.5 cm³/mol. The summed E-state index contributed by atoms with van der Waals surface area (Å²) in [6.45, 7) is 6.13. The van der Waals surface area contributed by atoms with Crippen LogP contribution in [0.1, 0.15) is 46.0 Å². The zero-order valence-corrected chi connectivity index (χ0v) is 13.3. The predicted octanol–water partition coefficient (Wildman–Crippen LogP) is 1.12. The van der Waals surface area contributed by atoms with Crippen LogP contribution < -0.4 is 11.1 Å². The molecule has 5 nitrogen and oxygen atoms in total. The molecule has 2 fully saturated rings. The number of hydrogen-bond acceptors (Lipinski definition) is 3. The Labute approximate surface area is 127 Å². The minimum absolute atomic E-state index is 0.0266. The number of nitrogens with two attached hydrogens (primary N) is 1. The van der Waals surface area contributed by atoms with E-state index in [9.17, 15) is 9.59 Å². The van der Waals surface area contributed by atoms with Crippen molar-refractivity contribution in [2.24, 2.45) is 23.5 Å². The third-order valence-corrected chi connectivity index (χ3v) is 4.89. The van der Waals surface area contributed by atoms with Crippen LogP contribution in [-0.2, 0) is 9.59 Å². The third kappa shape index (κ3) is 4.70. The van der Waals surface area contributed by atoms with Crippen molar-refractivity contribution in [1.29, 1.82) is 0 Å². The summed E-state index contributed by atoms with van der Waals surface area (Å²) in [4.78, 5) is 25.6. The van der Waals surface area contributed by atoms with E-state index in [2.05, 4.69) is 12.2 Å². The fraction of sp³-hybridized carbons (Fsp3) is 0.875. The van der Waals surface area contributed by atoms with E-state index in [1.165, 1.54) is 0 Å². The summed E-state index contributed by atoms with van der Waals surface area (Å²) in [7, 11) is 0. The zero-order chi connectivity index (χ0) is 15.4. The molecule has 1 saturated carbocycles. The van der Waals surface area contributed by atoms with Crippen LogP contribution in [0.4, 0.5) is 0 Å². The molecule has 21 heavy (non-hydrogen) atoms. The average molecular weight is 295 g/mol. The van der Waals surface area contributed by atoms with Crippen LogP contribution in [0.5, 0.6) is 0 Å². The summed E-state index contributed by atoms with van der Waals surface area (Å²) in [5.41, 5.74) is 6.06. The summed E-state index contributed by atoms with van der Waals surface area (Å²) in [6.07, 6.45) is 4.84. The highest BCUT2D eigenvalue weighted by atomic mass is 16.2. The molecular weight excluding hydrogens is 266 g/mol. The van der Waals surface area contributed by atoms with E-state index in [0.717, 1.165) is 51.7 Å². The van der Waals surface area contributed by atoms with Gasteiger partial charge in [-0.15, -0.1) is 0 Å². The van der Waals surface area contributed by atoms with Gasteiger partial charge in [0, 0.05) is 38.5 Å². The molecule has 0 radical (unpaired) electrons. The Kier molecular flexibility index (Phi) is 5.62. The summed E-state index contributed by atoms with van der Waals surface area (Å²) in [5, 5.41) is 2.88. The number of hydrogen-bond donors (Lipinski definition) is 2. The Morgan fingerprint density at radius 2 is 1.86 bits per heavy atom. The highest BCUT2D eigenvalue weighted by Crippen LogP contribution is 2.30. The van der Waals surface area contributed by atoms with Crippen molar-refractivity contribution < 1.29 is 9.59 Å². The number of nitrogens with one attached hydrogen (secondary N) is 1. The lowest BCUT2D eigenvalue weighted by Crippen LogP contribution is -2.46. The quantitative estimate of drug-likeness (QED) is 0.819. The molecule has 1 saturated heterocycles. The average Bonchev–Trinajstić information content (AvgIpc) is 2.44. The standard InChI is InChI=1S/C16H29N3O2/c1-11-7-14(9-15(17)8-11)16(21)19-5-3-13(4-6-19)10-18-12(2)20/h11,13-15H,3-10,17H2,1-2H3,(H,18,20). The molecule has 120 valence electrons. The molecular formula is C16H29N3O2. The van der Waals surface area contributed by atoms with E-state index in [1.807, 2.05) is 4.90 Å². The minimum atomic E-state index is 0.0266. The van der Waals surface area contributed by atoms with Crippen LogP contribution in [0.2, 0.25) is 0 Å². The van der Waals surface area contributed by atoms with E-state index in [1.54, 1.807) is 6.92 Å². The van der Waals surface area contributed by atoms with Crippen molar-refractivity contribution in [3.8, 4) is 0 Å². The van der Waals surface area contributed by atoms with Gasteiger partial charge in [0.25, 0.3) is 0 Å². The summed E-state index contributed by atoms with van der Waals surface area (Å²) in [5.74, 6) is 1.51. The number of carbonyl (C=O) groups is 2. The van der Waals surface area contributed by atoms with Crippen LogP contribution in [0.3, 0.4) is 0 Å². The smallest absolute Gasteiger partial charge is 0.225 e. The second-order valence-corrected chi connectivity index (χ2v) is 6.98. The molecule has 3 N–H and O–H groups in total. The number of piperidine rings is 1. The Bertz CT molecular complexity index is 368. The fourth-order valence-corrected chi connectivity index (χ4v) is 3.76. The van der Waals surface area contributed by atoms with E-state index in [4.69, 9.17) is 5.73 Å². The highest BCUT2D eigenvalue weighted by molar-refractivity contribution is 5.79. The van der Waals surface area contributed by atoms with Crippen molar-refractivity contribution in [3.05, 3.63) is 0 Å². The Morgan fingerprint density at radius 3 is 2.43 bits per heavy atom. The molecule has 2 aliphatic rings.